The molecule has 0 aliphatic carbocycles. The Kier molecular flexibility index (Phi) is 7.63. The summed E-state index contributed by atoms with van der Waals surface area (Å²) in [5.41, 5.74) is 10.0. The maximum atomic E-state index is 6.13. The molecule has 2 aromatic carbocycles. The maximum Gasteiger partial charge on any atom is 0.0874 e. The quantitative estimate of drug-likeness (QED) is 0.617. The van der Waals surface area contributed by atoms with Crippen molar-refractivity contribution in [2.75, 3.05) is 32.0 Å². The van der Waals surface area contributed by atoms with Crippen LogP contribution in [0.3, 0.4) is 0 Å². The van der Waals surface area contributed by atoms with E-state index in [4.69, 9.17) is 33.7 Å². The van der Waals surface area contributed by atoms with Gasteiger partial charge >= 0.3 is 0 Å². The average molecular weight is 420 g/mol. The zero-order valence-corrected chi connectivity index (χ0v) is 17.5. The van der Waals surface area contributed by atoms with Gasteiger partial charge in [0.15, 0.2) is 0 Å². The van der Waals surface area contributed by atoms with Gasteiger partial charge in [-0.1, -0.05) is 48.0 Å². The fourth-order valence-electron chi connectivity index (χ4n) is 3.33. The van der Waals surface area contributed by atoms with E-state index in [0.29, 0.717) is 10.0 Å². The molecule has 1 saturated heterocycles. The van der Waals surface area contributed by atoms with Crippen molar-refractivity contribution in [3.63, 3.8) is 0 Å². The molecule has 0 aromatic heterocycles. The number of nitrogens with zero attached hydrogens (tertiary/aromatic N) is 1. The second-order valence-electron chi connectivity index (χ2n) is 7.21. The van der Waals surface area contributed by atoms with Crippen molar-refractivity contribution in [1.82, 2.24) is 10.2 Å². The lowest BCUT2D eigenvalue weighted by Crippen LogP contribution is -2.46. The number of morpholine rings is 1. The van der Waals surface area contributed by atoms with Gasteiger partial charge in [-0.25, -0.2) is 0 Å². The maximum absolute atomic E-state index is 6.13. The van der Waals surface area contributed by atoms with Crippen LogP contribution in [-0.4, -0.2) is 37.2 Å². The Balaban J connectivity index is 1.41. The molecule has 0 amide bonds. The third kappa shape index (κ3) is 6.42. The van der Waals surface area contributed by atoms with Crippen molar-refractivity contribution >= 4 is 28.9 Å². The van der Waals surface area contributed by atoms with Crippen molar-refractivity contribution in [3.05, 3.63) is 75.9 Å². The summed E-state index contributed by atoms with van der Waals surface area (Å²) >= 11 is 12.1. The van der Waals surface area contributed by atoms with Crippen LogP contribution in [0.2, 0.25) is 10.0 Å². The van der Waals surface area contributed by atoms with Gasteiger partial charge in [-0.15, -0.1) is 0 Å². The summed E-state index contributed by atoms with van der Waals surface area (Å²) in [6.07, 6.45) is 1.94. The number of nitrogen functional groups attached to an aromatic ring is 1. The molecule has 6 heteroatoms. The van der Waals surface area contributed by atoms with Gasteiger partial charge in [-0.2, -0.15) is 0 Å². The minimum absolute atomic E-state index is 0.139. The number of benzene rings is 2. The highest BCUT2D eigenvalue weighted by Gasteiger charge is 2.20. The molecule has 28 heavy (non-hydrogen) atoms. The van der Waals surface area contributed by atoms with Crippen LogP contribution in [0.1, 0.15) is 17.5 Å². The number of nitrogens with one attached hydrogen (secondary N) is 1. The SMILES string of the molecule is C=C(CCc1cccc(N)c1)NC[C@H]1CN(Cc2ccc(Cl)c(Cl)c2)CCO1. The number of allylic oxidation sites excluding steroid dienone is 1. The minimum atomic E-state index is 0.139. The first-order valence-corrected chi connectivity index (χ1v) is 10.3. The van der Waals surface area contributed by atoms with Crippen LogP contribution in [0, 0.1) is 0 Å². The third-order valence-electron chi connectivity index (χ3n) is 4.86. The molecule has 3 rings (SSSR count). The van der Waals surface area contributed by atoms with Crippen molar-refractivity contribution in [2.24, 2.45) is 0 Å². The molecule has 2 aromatic rings. The van der Waals surface area contributed by atoms with Crippen LogP contribution in [0.5, 0.6) is 0 Å². The molecular formula is C22H27Cl2N3O. The number of aryl methyl sites for hydroxylation is 1. The topological polar surface area (TPSA) is 50.5 Å². The van der Waals surface area contributed by atoms with Crippen LogP contribution in [0.15, 0.2) is 54.7 Å². The number of nitrogens with two attached hydrogens (primary N) is 1. The normalized spacial score (nSPS) is 17.4. The molecule has 4 nitrogen and oxygen atoms in total. The van der Waals surface area contributed by atoms with E-state index in [2.05, 4.69) is 22.9 Å². The standard InChI is InChI=1S/C22H27Cl2N3O/c1-16(5-6-17-3-2-4-19(25)11-17)26-13-20-15-27(9-10-28-20)14-18-7-8-21(23)22(24)12-18/h2-4,7-8,11-12,20,26H,1,5-6,9-10,13-15,25H2/t20-/m0/s1. The molecule has 1 heterocycles. The van der Waals surface area contributed by atoms with E-state index in [9.17, 15) is 0 Å². The van der Waals surface area contributed by atoms with Crippen LogP contribution in [0.4, 0.5) is 5.69 Å². The van der Waals surface area contributed by atoms with Crippen LogP contribution < -0.4 is 11.1 Å². The summed E-state index contributed by atoms with van der Waals surface area (Å²) in [5.74, 6) is 0. The van der Waals surface area contributed by atoms with E-state index >= 15 is 0 Å². The van der Waals surface area contributed by atoms with Gasteiger partial charge in [0.1, 0.15) is 0 Å². The van der Waals surface area contributed by atoms with E-state index in [-0.39, 0.29) is 6.10 Å². The number of hydrogen-bond donors (Lipinski definition) is 2. The highest BCUT2D eigenvalue weighted by Crippen LogP contribution is 2.23. The molecular weight excluding hydrogens is 393 g/mol. The summed E-state index contributed by atoms with van der Waals surface area (Å²) in [6, 6.07) is 13.8. The van der Waals surface area contributed by atoms with Gasteiger partial charge < -0.3 is 15.8 Å². The van der Waals surface area contributed by atoms with Crippen LogP contribution in [0.25, 0.3) is 0 Å². The fourth-order valence-corrected chi connectivity index (χ4v) is 3.65. The predicted molar refractivity (Wildman–Crippen MR) is 118 cm³/mol. The Morgan fingerprint density at radius 1 is 1.18 bits per heavy atom. The molecule has 1 atom stereocenters. The number of ether oxygens (including phenoxy) is 1. The molecule has 150 valence electrons. The Morgan fingerprint density at radius 3 is 2.82 bits per heavy atom. The highest BCUT2D eigenvalue weighted by atomic mass is 35.5. The second kappa shape index (κ2) is 10.2. The van der Waals surface area contributed by atoms with Gasteiger partial charge in [0, 0.05) is 37.6 Å². The first kappa shape index (κ1) is 21.0. The van der Waals surface area contributed by atoms with Crippen LogP contribution in [-0.2, 0) is 17.7 Å². The summed E-state index contributed by atoms with van der Waals surface area (Å²) in [4.78, 5) is 2.38. The van der Waals surface area contributed by atoms with Gasteiger partial charge in [-0.05, 0) is 48.2 Å². The summed E-state index contributed by atoms with van der Waals surface area (Å²) in [5, 5.41) is 4.61. The molecule has 0 radical (unpaired) electrons. The van der Waals surface area contributed by atoms with Crippen molar-refractivity contribution < 1.29 is 4.74 Å². The molecule has 0 bridgehead atoms. The zero-order valence-electron chi connectivity index (χ0n) is 16.0. The van der Waals surface area contributed by atoms with E-state index < -0.39 is 0 Å². The van der Waals surface area contributed by atoms with Gasteiger partial charge in [0.25, 0.3) is 0 Å². The highest BCUT2D eigenvalue weighted by molar-refractivity contribution is 6.42. The molecule has 1 aliphatic heterocycles. The van der Waals surface area contributed by atoms with Crippen molar-refractivity contribution in [3.8, 4) is 0 Å². The van der Waals surface area contributed by atoms with E-state index in [0.717, 1.165) is 62.6 Å². The van der Waals surface area contributed by atoms with Gasteiger partial charge in [-0.3, -0.25) is 4.90 Å². The van der Waals surface area contributed by atoms with Gasteiger partial charge in [0.2, 0.25) is 0 Å². The first-order valence-electron chi connectivity index (χ1n) is 9.53. The summed E-state index contributed by atoms with van der Waals surface area (Å²) in [7, 11) is 0. The monoisotopic (exact) mass is 419 g/mol. The Labute approximate surface area is 177 Å². The molecule has 0 unspecified atom stereocenters. The van der Waals surface area contributed by atoms with E-state index in [1.807, 2.05) is 36.4 Å². The molecule has 1 fully saturated rings. The third-order valence-corrected chi connectivity index (χ3v) is 5.60. The number of halogens is 2. The summed E-state index contributed by atoms with van der Waals surface area (Å²) < 4.78 is 5.91. The number of hydrogen-bond acceptors (Lipinski definition) is 4. The van der Waals surface area contributed by atoms with Crippen LogP contribution >= 0.6 is 23.2 Å². The fraction of sp³-hybridized carbons (Fsp3) is 0.364. The van der Waals surface area contributed by atoms with Crippen molar-refractivity contribution in [2.45, 2.75) is 25.5 Å². The number of rotatable bonds is 8. The Bertz CT molecular complexity index is 812. The largest absolute Gasteiger partial charge is 0.399 e. The predicted octanol–water partition coefficient (Wildman–Crippen LogP) is 4.51. The van der Waals surface area contributed by atoms with Gasteiger partial charge in [0.05, 0.1) is 22.8 Å². The average Bonchev–Trinajstić information content (AvgIpc) is 2.68. The number of anilines is 1. The van der Waals surface area contributed by atoms with E-state index in [1.165, 1.54) is 5.56 Å². The second-order valence-corrected chi connectivity index (χ2v) is 8.02. The van der Waals surface area contributed by atoms with Crippen molar-refractivity contribution in [1.29, 1.82) is 0 Å². The molecule has 3 N–H and O–H groups in total. The Morgan fingerprint density at radius 2 is 2.04 bits per heavy atom. The lowest BCUT2D eigenvalue weighted by Gasteiger charge is -2.33. The zero-order chi connectivity index (χ0) is 19.9. The van der Waals surface area contributed by atoms with E-state index in [1.54, 1.807) is 0 Å². The minimum Gasteiger partial charge on any atom is -0.399 e. The summed E-state index contributed by atoms with van der Waals surface area (Å²) in [6.45, 7) is 8.25. The Hall–Kier alpha value is -1.72. The molecule has 1 aliphatic rings. The lowest BCUT2D eigenvalue weighted by molar-refractivity contribution is -0.0289. The lowest BCUT2D eigenvalue weighted by atomic mass is 10.1. The molecule has 0 spiro atoms. The first-order chi connectivity index (χ1) is 13.5. The molecule has 0 saturated carbocycles. The smallest absolute Gasteiger partial charge is 0.0874 e.